The summed E-state index contributed by atoms with van der Waals surface area (Å²) < 4.78 is 11.7. The summed E-state index contributed by atoms with van der Waals surface area (Å²) in [5.74, 6) is 0.0363. The maximum atomic E-state index is 13.3. The fourth-order valence-corrected chi connectivity index (χ4v) is 4.81. The first-order valence-corrected chi connectivity index (χ1v) is 12.8. The second-order valence-corrected chi connectivity index (χ2v) is 9.88. The van der Waals surface area contributed by atoms with E-state index in [0.717, 1.165) is 42.6 Å². The van der Waals surface area contributed by atoms with Gasteiger partial charge in [0.05, 0.1) is 18.2 Å². The SMILES string of the molecule is CCCCCOc1cccc([C@H]2C(=C(O)c3ccc4c(c3)C[C@H](C)O4)C(=O)C(=O)N2CCN(C)C)c1. The van der Waals surface area contributed by atoms with Gasteiger partial charge in [-0.15, -0.1) is 0 Å². The van der Waals surface area contributed by atoms with Crippen molar-refractivity contribution in [3.8, 4) is 11.5 Å². The van der Waals surface area contributed by atoms with Crippen molar-refractivity contribution < 1.29 is 24.2 Å². The number of likely N-dealkylation sites (tertiary alicyclic amines) is 1. The van der Waals surface area contributed by atoms with Crippen LogP contribution in [0.25, 0.3) is 5.76 Å². The van der Waals surface area contributed by atoms with Gasteiger partial charge in [-0.05, 0) is 68.9 Å². The third-order valence-electron chi connectivity index (χ3n) is 6.69. The number of amides is 1. The van der Waals surface area contributed by atoms with E-state index in [-0.39, 0.29) is 17.4 Å². The molecule has 2 heterocycles. The fourth-order valence-electron chi connectivity index (χ4n) is 4.81. The van der Waals surface area contributed by atoms with Crippen LogP contribution in [-0.2, 0) is 16.0 Å². The zero-order valence-corrected chi connectivity index (χ0v) is 21.6. The molecule has 1 amide bonds. The van der Waals surface area contributed by atoms with Gasteiger partial charge in [-0.2, -0.15) is 0 Å². The van der Waals surface area contributed by atoms with E-state index in [4.69, 9.17) is 9.47 Å². The van der Waals surface area contributed by atoms with E-state index < -0.39 is 17.7 Å². The van der Waals surface area contributed by atoms with Crippen molar-refractivity contribution in [2.24, 2.45) is 0 Å². The van der Waals surface area contributed by atoms with Gasteiger partial charge in [0.25, 0.3) is 11.7 Å². The number of nitrogens with zero attached hydrogens (tertiary/aromatic N) is 2. The molecular formula is C29H36N2O5. The molecule has 2 atom stereocenters. The Balaban J connectivity index is 1.74. The number of ether oxygens (including phenoxy) is 2. The molecular weight excluding hydrogens is 456 g/mol. The maximum Gasteiger partial charge on any atom is 0.295 e. The molecule has 7 heteroatoms. The van der Waals surface area contributed by atoms with Crippen molar-refractivity contribution in [1.29, 1.82) is 0 Å². The molecule has 7 nitrogen and oxygen atoms in total. The smallest absolute Gasteiger partial charge is 0.295 e. The minimum Gasteiger partial charge on any atom is -0.507 e. The highest BCUT2D eigenvalue weighted by Gasteiger charge is 2.46. The van der Waals surface area contributed by atoms with Crippen LogP contribution in [0.2, 0.25) is 0 Å². The minimum absolute atomic E-state index is 0.0640. The van der Waals surface area contributed by atoms with Crippen molar-refractivity contribution in [2.45, 2.75) is 51.7 Å². The average molecular weight is 493 g/mol. The van der Waals surface area contributed by atoms with E-state index >= 15 is 0 Å². The highest BCUT2D eigenvalue weighted by molar-refractivity contribution is 6.46. The number of hydrogen-bond donors (Lipinski definition) is 1. The number of ketones is 1. The highest BCUT2D eigenvalue weighted by Crippen LogP contribution is 2.41. The zero-order chi connectivity index (χ0) is 25.8. The summed E-state index contributed by atoms with van der Waals surface area (Å²) in [5, 5.41) is 11.4. The van der Waals surface area contributed by atoms with E-state index in [1.165, 1.54) is 0 Å². The number of aliphatic hydroxyl groups is 1. The first kappa shape index (κ1) is 25.8. The number of fused-ring (bicyclic) bond motifs is 1. The Labute approximate surface area is 213 Å². The summed E-state index contributed by atoms with van der Waals surface area (Å²) in [5.41, 5.74) is 2.33. The molecule has 0 radical (unpaired) electrons. The molecule has 1 fully saturated rings. The number of Topliss-reactive ketones (excluding diaryl/α,β-unsaturated/α-hetero) is 1. The van der Waals surface area contributed by atoms with Crippen LogP contribution in [0.15, 0.2) is 48.0 Å². The maximum absolute atomic E-state index is 13.3. The predicted molar refractivity (Wildman–Crippen MR) is 139 cm³/mol. The van der Waals surface area contributed by atoms with Crippen molar-refractivity contribution in [3.63, 3.8) is 0 Å². The molecule has 0 aromatic heterocycles. The molecule has 0 aliphatic carbocycles. The van der Waals surface area contributed by atoms with Gasteiger partial charge in [0, 0.05) is 25.1 Å². The molecule has 0 spiro atoms. The minimum atomic E-state index is -0.701. The molecule has 0 bridgehead atoms. The topological polar surface area (TPSA) is 79.3 Å². The average Bonchev–Trinajstić information content (AvgIpc) is 3.35. The molecule has 2 aliphatic heterocycles. The Kier molecular flexibility index (Phi) is 7.99. The number of unbranched alkanes of at least 4 members (excludes halogenated alkanes) is 2. The molecule has 1 saturated heterocycles. The zero-order valence-electron chi connectivity index (χ0n) is 21.6. The lowest BCUT2D eigenvalue weighted by Gasteiger charge is -2.27. The van der Waals surface area contributed by atoms with E-state index in [9.17, 15) is 14.7 Å². The summed E-state index contributed by atoms with van der Waals surface area (Å²) >= 11 is 0. The second kappa shape index (κ2) is 11.2. The third-order valence-corrected chi connectivity index (χ3v) is 6.69. The largest absolute Gasteiger partial charge is 0.507 e. The van der Waals surface area contributed by atoms with Crippen LogP contribution in [0.5, 0.6) is 11.5 Å². The molecule has 2 aromatic rings. The van der Waals surface area contributed by atoms with E-state index in [1.54, 1.807) is 11.0 Å². The van der Waals surface area contributed by atoms with Gasteiger partial charge < -0.3 is 24.4 Å². The van der Waals surface area contributed by atoms with Crippen molar-refractivity contribution in [3.05, 3.63) is 64.7 Å². The Morgan fingerprint density at radius 3 is 2.72 bits per heavy atom. The van der Waals surface area contributed by atoms with Crippen molar-refractivity contribution in [2.75, 3.05) is 33.8 Å². The molecule has 1 N–H and O–H groups in total. The van der Waals surface area contributed by atoms with Gasteiger partial charge in [0.1, 0.15) is 23.4 Å². The Morgan fingerprint density at radius 2 is 1.97 bits per heavy atom. The van der Waals surface area contributed by atoms with Crippen LogP contribution < -0.4 is 9.47 Å². The number of rotatable bonds is 10. The third kappa shape index (κ3) is 5.41. The van der Waals surface area contributed by atoms with Gasteiger partial charge in [0.2, 0.25) is 0 Å². The monoisotopic (exact) mass is 492 g/mol. The molecule has 2 aliphatic rings. The lowest BCUT2D eigenvalue weighted by atomic mass is 9.94. The lowest BCUT2D eigenvalue weighted by molar-refractivity contribution is -0.140. The Hall–Kier alpha value is -3.32. The predicted octanol–water partition coefficient (Wildman–Crippen LogP) is 4.56. The van der Waals surface area contributed by atoms with Crippen molar-refractivity contribution >= 4 is 17.4 Å². The van der Waals surface area contributed by atoms with Crippen LogP contribution in [0.3, 0.4) is 0 Å². The van der Waals surface area contributed by atoms with E-state index in [2.05, 4.69) is 6.92 Å². The van der Waals surface area contributed by atoms with Crippen LogP contribution in [0.1, 0.15) is 55.8 Å². The number of aliphatic hydroxyl groups excluding tert-OH is 1. The van der Waals surface area contributed by atoms with Gasteiger partial charge in [-0.3, -0.25) is 9.59 Å². The van der Waals surface area contributed by atoms with E-state index in [1.807, 2.05) is 62.3 Å². The molecule has 36 heavy (non-hydrogen) atoms. The van der Waals surface area contributed by atoms with Gasteiger partial charge in [0.15, 0.2) is 0 Å². The van der Waals surface area contributed by atoms with Gasteiger partial charge in [-0.25, -0.2) is 0 Å². The Morgan fingerprint density at radius 1 is 1.17 bits per heavy atom. The van der Waals surface area contributed by atoms with Crippen molar-refractivity contribution in [1.82, 2.24) is 9.80 Å². The summed E-state index contributed by atoms with van der Waals surface area (Å²) in [7, 11) is 3.84. The first-order valence-electron chi connectivity index (χ1n) is 12.8. The highest BCUT2D eigenvalue weighted by atomic mass is 16.5. The number of hydrogen-bond acceptors (Lipinski definition) is 6. The van der Waals surface area contributed by atoms with Crippen LogP contribution in [0.4, 0.5) is 0 Å². The molecule has 0 saturated carbocycles. The first-order chi connectivity index (χ1) is 17.3. The summed E-state index contributed by atoms with van der Waals surface area (Å²) in [4.78, 5) is 30.0. The standard InChI is InChI=1S/C29H36N2O5/c1-5-6-7-15-35-23-10-8-9-20(18-23)26-25(28(33)29(34)31(26)14-13-30(3)4)27(32)21-11-12-24-22(17-21)16-19(2)36-24/h8-12,17-19,26,32H,5-7,13-16H2,1-4H3/t19-,26-/m0/s1. The van der Waals surface area contributed by atoms with Crippen LogP contribution in [-0.4, -0.2) is 66.5 Å². The van der Waals surface area contributed by atoms with Gasteiger partial charge >= 0.3 is 0 Å². The summed E-state index contributed by atoms with van der Waals surface area (Å²) in [6, 6.07) is 12.2. The fraction of sp³-hybridized carbons (Fsp3) is 0.448. The van der Waals surface area contributed by atoms with Crippen LogP contribution >= 0.6 is 0 Å². The quantitative estimate of drug-likeness (QED) is 0.227. The number of carbonyl (C=O) groups is 2. The number of likely N-dealkylation sites (N-methyl/N-ethyl adjacent to an activating group) is 1. The molecule has 0 unspecified atom stereocenters. The lowest BCUT2D eigenvalue weighted by Crippen LogP contribution is -2.35. The van der Waals surface area contributed by atoms with Gasteiger partial charge in [-0.1, -0.05) is 31.9 Å². The van der Waals surface area contributed by atoms with E-state index in [0.29, 0.717) is 31.0 Å². The van der Waals surface area contributed by atoms with Crippen LogP contribution in [0, 0.1) is 0 Å². The molecule has 4 rings (SSSR count). The summed E-state index contributed by atoms with van der Waals surface area (Å²) in [6.07, 6.45) is 3.96. The number of benzene rings is 2. The normalized spacial score (nSPS) is 20.6. The summed E-state index contributed by atoms with van der Waals surface area (Å²) in [6.45, 7) is 5.69. The second-order valence-electron chi connectivity index (χ2n) is 9.88. The molecule has 192 valence electrons. The Bertz CT molecular complexity index is 1160. The number of carbonyl (C=O) groups excluding carboxylic acids is 2. The molecule has 2 aromatic carbocycles.